The summed E-state index contributed by atoms with van der Waals surface area (Å²) in [4.78, 5) is 11.4. The minimum absolute atomic E-state index is 0.0826. The van der Waals surface area contributed by atoms with E-state index in [1.54, 1.807) is 6.07 Å². The maximum atomic E-state index is 13.1. The molecule has 0 saturated carbocycles. The number of hydrogen-bond donors (Lipinski definition) is 1. The number of ketones is 1. The summed E-state index contributed by atoms with van der Waals surface area (Å²) in [5, 5.41) is 3.09. The Morgan fingerprint density at radius 2 is 2.29 bits per heavy atom. The highest BCUT2D eigenvalue weighted by Gasteiger charge is 2.25. The first kappa shape index (κ1) is 9.62. The Hall–Kier alpha value is -0.930. The lowest BCUT2D eigenvalue weighted by Crippen LogP contribution is -2.17. The Bertz CT molecular complexity index is 380. The van der Waals surface area contributed by atoms with E-state index in [2.05, 4.69) is 5.32 Å². The predicted octanol–water partition coefficient (Wildman–Crippen LogP) is 2.08. The van der Waals surface area contributed by atoms with E-state index in [4.69, 9.17) is 11.6 Å². The van der Waals surface area contributed by atoms with E-state index in [1.807, 2.05) is 0 Å². The molecule has 0 spiro atoms. The molecule has 0 radical (unpaired) electrons. The van der Waals surface area contributed by atoms with Gasteiger partial charge in [-0.25, -0.2) is 4.39 Å². The zero-order valence-corrected chi connectivity index (χ0v) is 8.14. The third kappa shape index (κ3) is 1.65. The minimum atomic E-state index is -0.481. The van der Waals surface area contributed by atoms with E-state index in [1.165, 1.54) is 12.1 Å². The van der Waals surface area contributed by atoms with Gasteiger partial charge in [0.2, 0.25) is 0 Å². The summed E-state index contributed by atoms with van der Waals surface area (Å²) in [6.07, 6.45) is 0.509. The highest BCUT2D eigenvalue weighted by molar-refractivity contribution is 6.30. The van der Waals surface area contributed by atoms with E-state index in [-0.39, 0.29) is 16.8 Å². The van der Waals surface area contributed by atoms with Crippen LogP contribution in [0.5, 0.6) is 0 Å². The van der Waals surface area contributed by atoms with Crippen LogP contribution in [0, 0.1) is 5.82 Å². The molecule has 1 aliphatic heterocycles. The van der Waals surface area contributed by atoms with Crippen molar-refractivity contribution in [3.8, 4) is 0 Å². The van der Waals surface area contributed by atoms with Gasteiger partial charge in [-0.1, -0.05) is 17.7 Å². The topological polar surface area (TPSA) is 29.1 Å². The summed E-state index contributed by atoms with van der Waals surface area (Å²) < 4.78 is 13.1. The second kappa shape index (κ2) is 3.67. The Morgan fingerprint density at radius 1 is 1.50 bits per heavy atom. The van der Waals surface area contributed by atoms with E-state index in [0.29, 0.717) is 18.5 Å². The van der Waals surface area contributed by atoms with Crippen molar-refractivity contribution < 1.29 is 9.18 Å². The lowest BCUT2D eigenvalue weighted by atomic mass is 10.0. The second-order valence-electron chi connectivity index (χ2n) is 3.28. The van der Waals surface area contributed by atoms with Crippen molar-refractivity contribution in [3.63, 3.8) is 0 Å². The van der Waals surface area contributed by atoms with E-state index in [9.17, 15) is 9.18 Å². The summed E-state index contributed by atoms with van der Waals surface area (Å²) in [5.41, 5.74) is 0.648. The van der Waals surface area contributed by atoms with Crippen molar-refractivity contribution in [1.82, 2.24) is 5.32 Å². The fourth-order valence-electron chi connectivity index (χ4n) is 1.59. The summed E-state index contributed by atoms with van der Waals surface area (Å²) in [7, 11) is 0. The van der Waals surface area contributed by atoms with Gasteiger partial charge in [0.25, 0.3) is 0 Å². The van der Waals surface area contributed by atoms with Gasteiger partial charge in [0.05, 0.1) is 11.1 Å². The highest BCUT2D eigenvalue weighted by Crippen LogP contribution is 2.23. The van der Waals surface area contributed by atoms with Gasteiger partial charge in [0.15, 0.2) is 5.78 Å². The summed E-state index contributed by atoms with van der Waals surface area (Å²) in [6.45, 7) is 0.660. The van der Waals surface area contributed by atoms with Crippen LogP contribution in [0.3, 0.4) is 0 Å². The number of halogens is 2. The fourth-order valence-corrected chi connectivity index (χ4v) is 1.71. The molecule has 0 amide bonds. The molecule has 74 valence electrons. The van der Waals surface area contributed by atoms with E-state index in [0.717, 1.165) is 0 Å². The quantitative estimate of drug-likeness (QED) is 0.774. The molecule has 1 aromatic carbocycles. The number of Topliss-reactive ketones (excluding diaryl/α,β-unsaturated/α-hetero) is 1. The molecule has 4 heteroatoms. The van der Waals surface area contributed by atoms with Crippen molar-refractivity contribution in [1.29, 1.82) is 0 Å². The van der Waals surface area contributed by atoms with Gasteiger partial charge in [-0.05, 0) is 17.7 Å². The largest absolute Gasteiger partial charge is 0.303 e. The summed E-state index contributed by atoms with van der Waals surface area (Å²) >= 11 is 5.54. The number of carbonyl (C=O) groups is 1. The monoisotopic (exact) mass is 213 g/mol. The van der Waals surface area contributed by atoms with Crippen LogP contribution < -0.4 is 5.32 Å². The third-order valence-corrected chi connectivity index (χ3v) is 2.63. The zero-order chi connectivity index (χ0) is 10.1. The number of nitrogens with one attached hydrogen (secondary N) is 1. The first-order valence-electron chi connectivity index (χ1n) is 4.39. The van der Waals surface area contributed by atoms with Crippen LogP contribution >= 0.6 is 11.6 Å². The van der Waals surface area contributed by atoms with Crippen LogP contribution in [0.4, 0.5) is 4.39 Å². The molecule has 0 aliphatic carbocycles. The molecular formula is C10H9ClFNO. The maximum Gasteiger partial charge on any atom is 0.155 e. The first-order chi connectivity index (χ1) is 6.68. The van der Waals surface area contributed by atoms with Gasteiger partial charge in [0.1, 0.15) is 5.82 Å². The number of benzene rings is 1. The van der Waals surface area contributed by atoms with Crippen LogP contribution in [0.15, 0.2) is 18.2 Å². The molecule has 1 N–H and O–H groups in total. The number of carbonyl (C=O) groups excluding carboxylic acids is 1. The average Bonchev–Trinajstić information content (AvgIpc) is 2.57. The highest BCUT2D eigenvalue weighted by atomic mass is 35.5. The van der Waals surface area contributed by atoms with Crippen molar-refractivity contribution >= 4 is 17.4 Å². The molecule has 14 heavy (non-hydrogen) atoms. The Labute approximate surface area is 86.1 Å². The Morgan fingerprint density at radius 3 is 2.86 bits per heavy atom. The van der Waals surface area contributed by atoms with Gasteiger partial charge in [-0.3, -0.25) is 4.79 Å². The van der Waals surface area contributed by atoms with Crippen LogP contribution in [0.25, 0.3) is 0 Å². The van der Waals surface area contributed by atoms with Gasteiger partial charge < -0.3 is 5.32 Å². The lowest BCUT2D eigenvalue weighted by molar-refractivity contribution is -0.118. The van der Waals surface area contributed by atoms with Crippen molar-refractivity contribution in [2.75, 3.05) is 6.54 Å². The first-order valence-corrected chi connectivity index (χ1v) is 4.77. The SMILES string of the molecule is O=C1CCNC1c1ccc(Cl)c(F)c1. The molecule has 0 aromatic heterocycles. The van der Waals surface area contributed by atoms with Crippen molar-refractivity contribution in [2.24, 2.45) is 0 Å². The molecule has 1 fully saturated rings. The fraction of sp³-hybridized carbons (Fsp3) is 0.300. The predicted molar refractivity (Wildman–Crippen MR) is 51.8 cm³/mol. The van der Waals surface area contributed by atoms with Crippen molar-refractivity contribution in [3.05, 3.63) is 34.6 Å². The Balaban J connectivity index is 2.32. The van der Waals surface area contributed by atoms with Crippen LogP contribution in [-0.2, 0) is 4.79 Å². The Kier molecular flexibility index (Phi) is 2.52. The van der Waals surface area contributed by atoms with Gasteiger partial charge >= 0.3 is 0 Å². The zero-order valence-electron chi connectivity index (χ0n) is 7.39. The summed E-state index contributed by atoms with van der Waals surface area (Å²) in [5.74, 6) is -0.377. The number of hydrogen-bond acceptors (Lipinski definition) is 2. The molecule has 1 aliphatic rings. The lowest BCUT2D eigenvalue weighted by Gasteiger charge is -2.09. The molecule has 2 nitrogen and oxygen atoms in total. The molecule has 0 bridgehead atoms. The van der Waals surface area contributed by atoms with Gasteiger partial charge in [0, 0.05) is 13.0 Å². The van der Waals surface area contributed by atoms with Gasteiger partial charge in [-0.15, -0.1) is 0 Å². The van der Waals surface area contributed by atoms with E-state index >= 15 is 0 Å². The molecule has 1 heterocycles. The van der Waals surface area contributed by atoms with Gasteiger partial charge in [-0.2, -0.15) is 0 Å². The molecule has 1 aromatic rings. The van der Waals surface area contributed by atoms with Crippen LogP contribution in [0.1, 0.15) is 18.0 Å². The third-order valence-electron chi connectivity index (χ3n) is 2.32. The van der Waals surface area contributed by atoms with E-state index < -0.39 is 5.82 Å². The van der Waals surface area contributed by atoms with Crippen LogP contribution in [-0.4, -0.2) is 12.3 Å². The molecule has 2 rings (SSSR count). The maximum absolute atomic E-state index is 13.1. The van der Waals surface area contributed by atoms with Crippen molar-refractivity contribution in [2.45, 2.75) is 12.5 Å². The summed E-state index contributed by atoms with van der Waals surface area (Å²) in [6, 6.07) is 4.09. The average molecular weight is 214 g/mol. The normalized spacial score (nSPS) is 21.6. The van der Waals surface area contributed by atoms with Crippen LogP contribution in [0.2, 0.25) is 5.02 Å². The smallest absolute Gasteiger partial charge is 0.155 e. The minimum Gasteiger partial charge on any atom is -0.303 e. The number of rotatable bonds is 1. The molecule has 1 atom stereocenters. The standard InChI is InChI=1S/C10H9ClFNO/c11-7-2-1-6(5-8(7)12)10-9(14)3-4-13-10/h1-2,5,10,13H,3-4H2. The molecular weight excluding hydrogens is 205 g/mol. The second-order valence-corrected chi connectivity index (χ2v) is 3.68. The molecule has 1 saturated heterocycles. The molecule has 1 unspecified atom stereocenters.